The molecular formula is C10H16N4O3. The number of urea groups is 1. The topological polar surface area (TPSA) is 96.3 Å². The summed E-state index contributed by atoms with van der Waals surface area (Å²) in [5, 5.41) is 17.7. The molecule has 3 N–H and O–H groups in total. The SMILES string of the molecule is CC(C)C(NC(=O)Nc1ccn(C)n1)C(=O)O. The zero-order valence-electron chi connectivity index (χ0n) is 9.97. The molecule has 1 unspecified atom stereocenters. The van der Waals surface area contributed by atoms with Gasteiger partial charge in [-0.2, -0.15) is 5.10 Å². The van der Waals surface area contributed by atoms with Crippen LogP contribution in [0.1, 0.15) is 13.8 Å². The molecule has 0 bridgehead atoms. The summed E-state index contributed by atoms with van der Waals surface area (Å²) >= 11 is 0. The molecule has 0 saturated heterocycles. The molecule has 0 aliphatic heterocycles. The molecule has 1 heterocycles. The molecule has 0 aliphatic carbocycles. The van der Waals surface area contributed by atoms with Crippen molar-refractivity contribution < 1.29 is 14.7 Å². The van der Waals surface area contributed by atoms with Gasteiger partial charge in [0.05, 0.1) is 0 Å². The molecule has 0 saturated carbocycles. The van der Waals surface area contributed by atoms with E-state index < -0.39 is 18.0 Å². The number of anilines is 1. The number of hydrogen-bond donors (Lipinski definition) is 3. The second-order valence-corrected chi connectivity index (χ2v) is 4.03. The van der Waals surface area contributed by atoms with E-state index in [1.54, 1.807) is 33.2 Å². The first-order valence-electron chi connectivity index (χ1n) is 5.20. The highest BCUT2D eigenvalue weighted by molar-refractivity contribution is 5.91. The second-order valence-electron chi connectivity index (χ2n) is 4.03. The summed E-state index contributed by atoms with van der Waals surface area (Å²) < 4.78 is 1.53. The Bertz CT molecular complexity index is 413. The molecular weight excluding hydrogens is 224 g/mol. The largest absolute Gasteiger partial charge is 0.480 e. The highest BCUT2D eigenvalue weighted by Crippen LogP contribution is 2.04. The number of aliphatic carboxylic acids is 1. The molecule has 0 aromatic carbocycles. The number of carboxylic acid groups (broad SMARTS) is 1. The van der Waals surface area contributed by atoms with Gasteiger partial charge in [0, 0.05) is 19.3 Å². The Morgan fingerprint density at radius 1 is 1.47 bits per heavy atom. The third-order valence-electron chi connectivity index (χ3n) is 2.17. The minimum Gasteiger partial charge on any atom is -0.480 e. The van der Waals surface area contributed by atoms with Gasteiger partial charge in [0.25, 0.3) is 0 Å². The lowest BCUT2D eigenvalue weighted by Crippen LogP contribution is -2.46. The number of nitrogens with zero attached hydrogens (tertiary/aromatic N) is 2. The lowest BCUT2D eigenvalue weighted by molar-refractivity contribution is -0.140. The minimum atomic E-state index is -1.06. The number of aryl methyl sites for hydroxylation is 1. The summed E-state index contributed by atoms with van der Waals surface area (Å²) in [4.78, 5) is 22.4. The molecule has 7 heteroatoms. The predicted octanol–water partition coefficient (Wildman–Crippen LogP) is 0.651. The highest BCUT2D eigenvalue weighted by atomic mass is 16.4. The van der Waals surface area contributed by atoms with Crippen molar-refractivity contribution in [3.8, 4) is 0 Å². The maximum Gasteiger partial charge on any atom is 0.326 e. The number of amides is 2. The van der Waals surface area contributed by atoms with Crippen LogP contribution in [0, 0.1) is 5.92 Å². The summed E-state index contributed by atoms with van der Waals surface area (Å²) in [6.45, 7) is 3.44. The van der Waals surface area contributed by atoms with Gasteiger partial charge in [0.2, 0.25) is 0 Å². The van der Waals surface area contributed by atoms with Crippen LogP contribution in [0.3, 0.4) is 0 Å². The van der Waals surface area contributed by atoms with Gasteiger partial charge in [0.1, 0.15) is 6.04 Å². The molecule has 1 rings (SSSR count). The Morgan fingerprint density at radius 2 is 2.12 bits per heavy atom. The standard InChI is InChI=1S/C10H16N4O3/c1-6(2)8(9(15)16)12-10(17)11-7-4-5-14(3)13-7/h4-6,8H,1-3H3,(H,15,16)(H2,11,12,13,17). The van der Waals surface area contributed by atoms with Gasteiger partial charge in [-0.3, -0.25) is 10.00 Å². The van der Waals surface area contributed by atoms with Crippen molar-refractivity contribution >= 4 is 17.8 Å². The molecule has 1 aromatic heterocycles. The number of carboxylic acids is 1. The van der Waals surface area contributed by atoms with Crippen LogP contribution in [0.5, 0.6) is 0 Å². The van der Waals surface area contributed by atoms with Gasteiger partial charge >= 0.3 is 12.0 Å². The first-order valence-corrected chi connectivity index (χ1v) is 5.20. The average molecular weight is 240 g/mol. The maximum atomic E-state index is 11.5. The molecule has 1 aromatic rings. The van der Waals surface area contributed by atoms with Crippen molar-refractivity contribution in [3.05, 3.63) is 12.3 Å². The molecule has 17 heavy (non-hydrogen) atoms. The Hall–Kier alpha value is -2.05. The van der Waals surface area contributed by atoms with Crippen molar-refractivity contribution in [2.75, 3.05) is 5.32 Å². The van der Waals surface area contributed by atoms with Crippen molar-refractivity contribution in [3.63, 3.8) is 0 Å². The molecule has 0 spiro atoms. The van der Waals surface area contributed by atoms with Crippen LogP contribution in [0.2, 0.25) is 0 Å². The van der Waals surface area contributed by atoms with Crippen molar-refractivity contribution in [1.82, 2.24) is 15.1 Å². The van der Waals surface area contributed by atoms with Crippen LogP contribution in [-0.4, -0.2) is 32.9 Å². The number of carbonyl (C=O) groups excluding carboxylic acids is 1. The Balaban J connectivity index is 2.56. The zero-order valence-corrected chi connectivity index (χ0v) is 9.97. The van der Waals surface area contributed by atoms with E-state index in [4.69, 9.17) is 5.11 Å². The molecule has 2 amide bonds. The minimum absolute atomic E-state index is 0.193. The molecule has 94 valence electrons. The van der Waals surface area contributed by atoms with E-state index in [2.05, 4.69) is 15.7 Å². The van der Waals surface area contributed by atoms with Gasteiger partial charge in [-0.15, -0.1) is 0 Å². The summed E-state index contributed by atoms with van der Waals surface area (Å²) in [6, 6.07) is 0.119. The first kappa shape index (κ1) is 13.0. The smallest absolute Gasteiger partial charge is 0.326 e. The Morgan fingerprint density at radius 3 is 2.53 bits per heavy atom. The molecule has 0 aliphatic rings. The van der Waals surface area contributed by atoms with Crippen LogP contribution >= 0.6 is 0 Å². The van der Waals surface area contributed by atoms with Crippen LogP contribution in [0.15, 0.2) is 12.3 Å². The summed E-state index contributed by atoms with van der Waals surface area (Å²) in [5.74, 6) is -0.879. The number of hydrogen-bond acceptors (Lipinski definition) is 3. The number of carbonyl (C=O) groups is 2. The van der Waals surface area contributed by atoms with E-state index in [1.165, 1.54) is 4.68 Å². The number of nitrogens with one attached hydrogen (secondary N) is 2. The Kier molecular flexibility index (Phi) is 4.08. The second kappa shape index (κ2) is 5.33. The van der Waals surface area contributed by atoms with Crippen LogP contribution in [0.25, 0.3) is 0 Å². The monoisotopic (exact) mass is 240 g/mol. The van der Waals surface area contributed by atoms with E-state index in [9.17, 15) is 9.59 Å². The molecule has 1 atom stereocenters. The van der Waals surface area contributed by atoms with Crippen LogP contribution in [0.4, 0.5) is 10.6 Å². The molecule has 0 radical (unpaired) electrons. The van der Waals surface area contributed by atoms with Crippen LogP contribution in [-0.2, 0) is 11.8 Å². The third kappa shape index (κ3) is 3.78. The lowest BCUT2D eigenvalue weighted by atomic mass is 10.1. The average Bonchev–Trinajstić information content (AvgIpc) is 2.59. The summed E-state index contributed by atoms with van der Waals surface area (Å²) in [6.07, 6.45) is 1.67. The van der Waals surface area contributed by atoms with Gasteiger partial charge in [-0.25, -0.2) is 9.59 Å². The van der Waals surface area contributed by atoms with E-state index in [0.717, 1.165) is 0 Å². The van der Waals surface area contributed by atoms with Gasteiger partial charge in [-0.05, 0) is 5.92 Å². The fourth-order valence-corrected chi connectivity index (χ4v) is 1.29. The van der Waals surface area contributed by atoms with Crippen molar-refractivity contribution in [1.29, 1.82) is 0 Å². The van der Waals surface area contributed by atoms with Gasteiger partial charge in [0.15, 0.2) is 5.82 Å². The quantitative estimate of drug-likeness (QED) is 0.720. The van der Waals surface area contributed by atoms with Gasteiger partial charge in [-0.1, -0.05) is 13.8 Å². The first-order chi connectivity index (χ1) is 7.90. The molecule has 0 fully saturated rings. The molecule has 7 nitrogen and oxygen atoms in total. The fourth-order valence-electron chi connectivity index (χ4n) is 1.29. The summed E-state index contributed by atoms with van der Waals surface area (Å²) in [5.41, 5.74) is 0. The Labute approximate surface area is 98.8 Å². The van der Waals surface area contributed by atoms with Gasteiger partial charge < -0.3 is 10.4 Å². The van der Waals surface area contributed by atoms with E-state index >= 15 is 0 Å². The fraction of sp³-hybridized carbons (Fsp3) is 0.500. The highest BCUT2D eigenvalue weighted by Gasteiger charge is 2.23. The maximum absolute atomic E-state index is 11.5. The number of aromatic nitrogens is 2. The normalized spacial score (nSPS) is 12.2. The predicted molar refractivity (Wildman–Crippen MR) is 61.6 cm³/mol. The van der Waals surface area contributed by atoms with E-state index in [-0.39, 0.29) is 5.92 Å². The lowest BCUT2D eigenvalue weighted by Gasteiger charge is -2.17. The number of rotatable bonds is 4. The third-order valence-corrected chi connectivity index (χ3v) is 2.17. The van der Waals surface area contributed by atoms with Crippen molar-refractivity contribution in [2.24, 2.45) is 13.0 Å². The van der Waals surface area contributed by atoms with E-state index in [0.29, 0.717) is 5.82 Å². The summed E-state index contributed by atoms with van der Waals surface area (Å²) in [7, 11) is 1.72. The van der Waals surface area contributed by atoms with Crippen molar-refractivity contribution in [2.45, 2.75) is 19.9 Å². The van der Waals surface area contributed by atoms with E-state index in [1.807, 2.05) is 0 Å². The zero-order chi connectivity index (χ0) is 13.0. The van der Waals surface area contributed by atoms with Crippen LogP contribution < -0.4 is 10.6 Å².